The van der Waals surface area contributed by atoms with E-state index in [2.05, 4.69) is 6.08 Å². The van der Waals surface area contributed by atoms with E-state index < -0.39 is 0 Å². The third-order valence-electron chi connectivity index (χ3n) is 4.73. The van der Waals surface area contributed by atoms with Crippen molar-refractivity contribution in [3.8, 4) is 5.75 Å². The minimum Gasteiger partial charge on any atom is -0.497 e. The van der Waals surface area contributed by atoms with Gasteiger partial charge >= 0.3 is 5.97 Å². The van der Waals surface area contributed by atoms with Crippen LogP contribution in [0.2, 0.25) is 0 Å². The first kappa shape index (κ1) is 20.7. The van der Waals surface area contributed by atoms with Crippen molar-refractivity contribution in [1.82, 2.24) is 4.90 Å². The Bertz CT molecular complexity index is 693. The lowest BCUT2D eigenvalue weighted by Crippen LogP contribution is -2.33. The van der Waals surface area contributed by atoms with E-state index in [4.69, 9.17) is 9.47 Å². The molecule has 0 atom stereocenters. The minimum absolute atomic E-state index is 0.0990. The first-order valence-corrected chi connectivity index (χ1v) is 9.48. The monoisotopic (exact) mass is 371 g/mol. The lowest BCUT2D eigenvalue weighted by molar-refractivity contribution is -0.141. The lowest BCUT2D eigenvalue weighted by atomic mass is 9.97. The molecule has 0 aliphatic heterocycles. The number of rotatable bonds is 9. The van der Waals surface area contributed by atoms with Gasteiger partial charge in [0, 0.05) is 19.2 Å². The van der Waals surface area contributed by atoms with E-state index in [9.17, 15) is 9.59 Å². The maximum Gasteiger partial charge on any atom is 0.307 e. The summed E-state index contributed by atoms with van der Waals surface area (Å²) in [6, 6.07) is 7.53. The zero-order valence-corrected chi connectivity index (χ0v) is 16.3. The Morgan fingerprint density at radius 3 is 2.74 bits per heavy atom. The summed E-state index contributed by atoms with van der Waals surface area (Å²) in [7, 11) is 2.98. The summed E-state index contributed by atoms with van der Waals surface area (Å²) < 4.78 is 9.91. The van der Waals surface area contributed by atoms with Crippen LogP contribution in [0.3, 0.4) is 0 Å². The Kier molecular flexibility index (Phi) is 8.62. The molecule has 0 bridgehead atoms. The quantitative estimate of drug-likeness (QED) is 0.374. The Hall–Kier alpha value is -2.56. The highest BCUT2D eigenvalue weighted by molar-refractivity contribution is 5.92. The number of methoxy groups -OCH3 is 2. The first-order valence-electron chi connectivity index (χ1n) is 9.48. The fourth-order valence-electron chi connectivity index (χ4n) is 3.09. The number of allylic oxidation sites excluding steroid dienone is 1. The van der Waals surface area contributed by atoms with E-state index in [0.29, 0.717) is 13.1 Å². The topological polar surface area (TPSA) is 55.8 Å². The highest BCUT2D eigenvalue weighted by Gasteiger charge is 2.14. The molecule has 0 saturated carbocycles. The van der Waals surface area contributed by atoms with Gasteiger partial charge in [0.1, 0.15) is 5.75 Å². The van der Waals surface area contributed by atoms with Crippen LogP contribution in [0.25, 0.3) is 6.08 Å². The van der Waals surface area contributed by atoms with Crippen LogP contribution in [-0.2, 0) is 14.3 Å². The first-order chi connectivity index (χ1) is 13.1. The van der Waals surface area contributed by atoms with E-state index in [-0.39, 0.29) is 18.3 Å². The molecule has 0 saturated heterocycles. The van der Waals surface area contributed by atoms with E-state index in [0.717, 1.165) is 30.6 Å². The molecule has 0 N–H and O–H groups in total. The summed E-state index contributed by atoms with van der Waals surface area (Å²) in [6.07, 6.45) is 11.4. The summed E-state index contributed by atoms with van der Waals surface area (Å²) in [5, 5.41) is 0. The molecular formula is C22H29NO4. The normalized spacial score (nSPS) is 13.9. The number of amides is 1. The summed E-state index contributed by atoms with van der Waals surface area (Å²) in [5.74, 6) is 0.343. The van der Waals surface area contributed by atoms with Gasteiger partial charge in [-0.25, -0.2) is 0 Å². The molecule has 5 nitrogen and oxygen atoms in total. The van der Waals surface area contributed by atoms with Crippen molar-refractivity contribution in [2.24, 2.45) is 0 Å². The van der Waals surface area contributed by atoms with Crippen molar-refractivity contribution < 1.29 is 19.1 Å². The van der Waals surface area contributed by atoms with Crippen LogP contribution < -0.4 is 4.74 Å². The molecule has 27 heavy (non-hydrogen) atoms. The highest BCUT2D eigenvalue weighted by atomic mass is 16.5. The van der Waals surface area contributed by atoms with Crippen molar-refractivity contribution in [1.29, 1.82) is 0 Å². The van der Waals surface area contributed by atoms with Crippen molar-refractivity contribution in [2.75, 3.05) is 27.3 Å². The minimum atomic E-state index is -0.304. The molecule has 5 heteroatoms. The molecule has 1 aliphatic rings. The Labute approximate surface area is 161 Å². The van der Waals surface area contributed by atoms with Gasteiger partial charge in [0.15, 0.2) is 0 Å². The third-order valence-corrected chi connectivity index (χ3v) is 4.73. The smallest absolute Gasteiger partial charge is 0.307 e. The van der Waals surface area contributed by atoms with E-state index in [1.54, 1.807) is 24.2 Å². The molecule has 0 spiro atoms. The number of carbonyl (C=O) groups excluding carboxylic acids is 2. The van der Waals surface area contributed by atoms with Crippen LogP contribution >= 0.6 is 0 Å². The molecule has 0 aromatic heterocycles. The number of ether oxygens (including phenoxy) is 2. The van der Waals surface area contributed by atoms with E-state index >= 15 is 0 Å². The molecule has 0 fully saturated rings. The molecule has 1 aliphatic carbocycles. The number of benzene rings is 1. The van der Waals surface area contributed by atoms with Crippen molar-refractivity contribution >= 4 is 18.0 Å². The summed E-state index contributed by atoms with van der Waals surface area (Å²) >= 11 is 0. The predicted molar refractivity (Wildman–Crippen MR) is 106 cm³/mol. The average Bonchev–Trinajstić information content (AvgIpc) is 2.72. The van der Waals surface area contributed by atoms with Crippen molar-refractivity contribution in [3.63, 3.8) is 0 Å². The van der Waals surface area contributed by atoms with Gasteiger partial charge in [0.2, 0.25) is 5.91 Å². The van der Waals surface area contributed by atoms with Gasteiger partial charge in [-0.05, 0) is 55.9 Å². The van der Waals surface area contributed by atoms with Crippen LogP contribution in [-0.4, -0.2) is 44.1 Å². The van der Waals surface area contributed by atoms with Crippen LogP contribution in [0.15, 0.2) is 42.0 Å². The standard InChI is InChI=1S/C22H29NO4/c1-26-20-10-6-9-19(17-20)11-12-21(24)23(16-14-22(25)27-2)15-13-18-7-4-3-5-8-18/h6-7,9-12,17H,3-5,8,13-16H2,1-2H3/b12-11+. The third kappa shape index (κ3) is 7.29. The summed E-state index contributed by atoms with van der Waals surface area (Å²) in [5.41, 5.74) is 2.31. The van der Waals surface area contributed by atoms with Gasteiger partial charge in [0.25, 0.3) is 0 Å². The fraction of sp³-hybridized carbons (Fsp3) is 0.455. The van der Waals surface area contributed by atoms with Gasteiger partial charge in [0.05, 0.1) is 20.6 Å². The molecule has 1 aromatic carbocycles. The van der Waals surface area contributed by atoms with Crippen LogP contribution in [0.1, 0.15) is 44.1 Å². The molecule has 1 amide bonds. The van der Waals surface area contributed by atoms with Gasteiger partial charge in [-0.2, -0.15) is 0 Å². The van der Waals surface area contributed by atoms with Crippen LogP contribution in [0, 0.1) is 0 Å². The predicted octanol–water partition coefficient (Wildman–Crippen LogP) is 3.99. The molecule has 2 rings (SSSR count). The maximum atomic E-state index is 12.7. The summed E-state index contributed by atoms with van der Waals surface area (Å²) in [4.78, 5) is 25.9. The lowest BCUT2D eigenvalue weighted by Gasteiger charge is -2.22. The Balaban J connectivity index is 2.00. The Morgan fingerprint density at radius 1 is 1.19 bits per heavy atom. The second-order valence-electron chi connectivity index (χ2n) is 6.62. The molecule has 0 unspecified atom stereocenters. The number of carbonyl (C=O) groups is 2. The van der Waals surface area contributed by atoms with Crippen LogP contribution in [0.4, 0.5) is 0 Å². The summed E-state index contributed by atoms with van der Waals surface area (Å²) in [6.45, 7) is 0.978. The fourth-order valence-corrected chi connectivity index (χ4v) is 3.09. The molecular weight excluding hydrogens is 342 g/mol. The molecule has 0 heterocycles. The highest BCUT2D eigenvalue weighted by Crippen LogP contribution is 2.20. The van der Waals surface area contributed by atoms with Gasteiger partial charge in [-0.1, -0.05) is 23.8 Å². The maximum absolute atomic E-state index is 12.7. The van der Waals surface area contributed by atoms with E-state index in [1.807, 2.05) is 24.3 Å². The zero-order chi connectivity index (χ0) is 19.5. The Morgan fingerprint density at radius 2 is 2.04 bits per heavy atom. The number of nitrogens with zero attached hydrogens (tertiary/aromatic N) is 1. The second kappa shape index (κ2) is 11.2. The SMILES string of the molecule is COC(=O)CCN(CCC1=CCCCC1)C(=O)/C=C/c1cccc(OC)c1. The van der Waals surface area contributed by atoms with Gasteiger partial charge in [-0.3, -0.25) is 9.59 Å². The van der Waals surface area contributed by atoms with Crippen molar-refractivity contribution in [3.05, 3.63) is 47.6 Å². The average molecular weight is 371 g/mol. The molecule has 146 valence electrons. The second-order valence-corrected chi connectivity index (χ2v) is 6.62. The largest absolute Gasteiger partial charge is 0.497 e. The number of hydrogen-bond donors (Lipinski definition) is 0. The van der Waals surface area contributed by atoms with Gasteiger partial charge in [-0.15, -0.1) is 0 Å². The number of hydrogen-bond acceptors (Lipinski definition) is 4. The van der Waals surface area contributed by atoms with E-state index in [1.165, 1.54) is 25.5 Å². The molecule has 1 aromatic rings. The molecule has 0 radical (unpaired) electrons. The zero-order valence-electron chi connectivity index (χ0n) is 16.3. The van der Waals surface area contributed by atoms with Crippen molar-refractivity contribution in [2.45, 2.75) is 38.5 Å². The number of esters is 1. The van der Waals surface area contributed by atoms with Gasteiger partial charge < -0.3 is 14.4 Å². The van der Waals surface area contributed by atoms with Crippen LogP contribution in [0.5, 0.6) is 5.75 Å².